The van der Waals surface area contributed by atoms with Crippen LogP contribution in [0.4, 0.5) is 5.69 Å². The van der Waals surface area contributed by atoms with Crippen molar-refractivity contribution in [3.05, 3.63) is 45.8 Å². The SMILES string of the molecule is [2H]C([2H])([2H])n1c(=O)sc2cc(-c3cncc4c3N(C)[C@H](O)C4(O)NC(=O)CC)ccc21. The van der Waals surface area contributed by atoms with Gasteiger partial charge in [-0.15, -0.1) is 0 Å². The van der Waals surface area contributed by atoms with Crippen LogP contribution in [0.25, 0.3) is 21.3 Å². The monoisotopic (exact) mass is 403 g/mol. The molecule has 1 aliphatic heterocycles. The van der Waals surface area contributed by atoms with Crippen molar-refractivity contribution in [1.82, 2.24) is 14.9 Å². The summed E-state index contributed by atoms with van der Waals surface area (Å²) in [5, 5.41) is 24.2. The number of fused-ring (bicyclic) bond motifs is 2. The van der Waals surface area contributed by atoms with Crippen molar-refractivity contribution in [3.8, 4) is 11.1 Å². The van der Waals surface area contributed by atoms with E-state index in [1.165, 1.54) is 11.1 Å². The molecule has 0 spiro atoms. The summed E-state index contributed by atoms with van der Waals surface area (Å²) in [5.74, 6) is -0.439. The maximum absolute atomic E-state index is 12.2. The van der Waals surface area contributed by atoms with Crippen molar-refractivity contribution in [2.24, 2.45) is 6.98 Å². The van der Waals surface area contributed by atoms with E-state index in [-0.39, 0.29) is 12.0 Å². The summed E-state index contributed by atoms with van der Waals surface area (Å²) < 4.78 is 24.0. The molecule has 0 bridgehead atoms. The second-order valence-corrected chi connectivity index (χ2v) is 7.61. The van der Waals surface area contributed by atoms with E-state index < -0.39 is 29.7 Å². The molecule has 9 heteroatoms. The highest BCUT2D eigenvalue weighted by molar-refractivity contribution is 7.16. The Bertz CT molecular complexity index is 1260. The van der Waals surface area contributed by atoms with Gasteiger partial charge in [-0.25, -0.2) is 0 Å². The highest BCUT2D eigenvalue weighted by Gasteiger charge is 2.50. The van der Waals surface area contributed by atoms with E-state index in [9.17, 15) is 19.8 Å². The second-order valence-electron chi connectivity index (χ2n) is 6.62. The fraction of sp³-hybridized carbons (Fsp3) is 0.316. The third-order valence-corrected chi connectivity index (χ3v) is 5.87. The molecule has 0 saturated carbocycles. The number of likely N-dealkylation sites (N-methyl/N-ethyl adjacent to an activating group) is 1. The average molecular weight is 403 g/mol. The zero-order chi connectivity index (χ0) is 22.7. The smallest absolute Gasteiger partial charge is 0.307 e. The first-order valence-corrected chi connectivity index (χ1v) is 9.40. The van der Waals surface area contributed by atoms with Crippen molar-refractivity contribution in [2.45, 2.75) is 25.3 Å². The van der Waals surface area contributed by atoms with Gasteiger partial charge >= 0.3 is 4.87 Å². The lowest BCUT2D eigenvalue weighted by molar-refractivity contribution is -0.139. The first-order valence-electron chi connectivity index (χ1n) is 10.1. The number of aryl methyl sites for hydroxylation is 1. The number of amides is 1. The fourth-order valence-electron chi connectivity index (χ4n) is 3.48. The minimum absolute atomic E-state index is 0.122. The first kappa shape index (κ1) is 15.2. The molecule has 1 unspecified atom stereocenters. The van der Waals surface area contributed by atoms with Crippen molar-refractivity contribution in [1.29, 1.82) is 0 Å². The van der Waals surface area contributed by atoms with Gasteiger partial charge in [0, 0.05) is 42.5 Å². The van der Waals surface area contributed by atoms with Crippen molar-refractivity contribution in [3.63, 3.8) is 0 Å². The van der Waals surface area contributed by atoms with Crippen LogP contribution in [-0.2, 0) is 17.5 Å². The maximum Gasteiger partial charge on any atom is 0.307 e. The minimum Gasteiger partial charge on any atom is -0.369 e. The summed E-state index contributed by atoms with van der Waals surface area (Å²) in [7, 11) is 1.57. The average Bonchev–Trinajstić information content (AvgIpc) is 3.14. The first-order chi connectivity index (χ1) is 14.5. The number of carbonyl (C=O) groups excluding carboxylic acids is 1. The Hall–Kier alpha value is -2.75. The number of rotatable bonds is 3. The number of hydrogen-bond acceptors (Lipinski definition) is 7. The number of aliphatic hydroxyl groups is 2. The maximum atomic E-state index is 12.2. The summed E-state index contributed by atoms with van der Waals surface area (Å²) in [5.41, 5.74) is 0.0994. The lowest BCUT2D eigenvalue weighted by Crippen LogP contribution is -2.55. The van der Waals surface area contributed by atoms with Crippen LogP contribution < -0.4 is 15.1 Å². The number of aliphatic hydroxyl groups excluding tert-OH is 1. The van der Waals surface area contributed by atoms with Gasteiger partial charge in [-0.2, -0.15) is 0 Å². The van der Waals surface area contributed by atoms with Crippen LogP contribution in [0.5, 0.6) is 0 Å². The van der Waals surface area contributed by atoms with E-state index in [1.54, 1.807) is 38.4 Å². The molecule has 3 heterocycles. The van der Waals surface area contributed by atoms with E-state index in [1.807, 2.05) is 0 Å². The molecule has 3 N–H and O–H groups in total. The molecule has 0 fully saturated rings. The number of benzene rings is 1. The molecule has 2 aromatic heterocycles. The van der Waals surface area contributed by atoms with Crippen molar-refractivity contribution < 1.29 is 19.1 Å². The summed E-state index contributed by atoms with van der Waals surface area (Å²) in [6.07, 6.45) is 1.60. The molecule has 1 aliphatic rings. The van der Waals surface area contributed by atoms with Crippen molar-refractivity contribution >= 4 is 33.1 Å². The molecular formula is C19H20N4O4S. The summed E-state index contributed by atoms with van der Waals surface area (Å²) in [4.78, 5) is 29.2. The van der Waals surface area contributed by atoms with Crippen LogP contribution in [0.15, 0.2) is 35.4 Å². The predicted molar refractivity (Wildman–Crippen MR) is 107 cm³/mol. The summed E-state index contributed by atoms with van der Waals surface area (Å²) in [6, 6.07) is 4.87. The Labute approximate surface area is 168 Å². The number of carbonyl (C=O) groups is 1. The Kier molecular flexibility index (Phi) is 3.48. The van der Waals surface area contributed by atoms with Crippen LogP contribution in [0.2, 0.25) is 0 Å². The Morgan fingerprint density at radius 1 is 1.46 bits per heavy atom. The molecule has 8 nitrogen and oxygen atoms in total. The van der Waals surface area contributed by atoms with Crippen LogP contribution in [-0.4, -0.2) is 38.9 Å². The van der Waals surface area contributed by atoms with E-state index in [0.29, 0.717) is 27.0 Å². The summed E-state index contributed by atoms with van der Waals surface area (Å²) >= 11 is 0.818. The molecule has 0 saturated heterocycles. The van der Waals surface area contributed by atoms with Crippen LogP contribution in [0, 0.1) is 0 Å². The molecule has 3 aromatic rings. The second kappa shape index (κ2) is 6.40. The topological polar surface area (TPSA) is 108 Å². The van der Waals surface area contributed by atoms with E-state index in [4.69, 9.17) is 4.11 Å². The fourth-order valence-corrected chi connectivity index (χ4v) is 4.31. The number of anilines is 1. The molecule has 1 amide bonds. The normalized spacial score (nSPS) is 23.2. The standard InChI is InChI=1S/C19H20N4O4S/c1-4-15(24)21-19(27)12-9-20-8-11(16(12)23(3)17(19)25)10-5-6-13-14(7-10)28-18(26)22(13)2/h5-9,17,25,27H,4H2,1-3H3,(H,21,24)/t17-,19?/m1/s1/i2D3. The van der Waals surface area contributed by atoms with E-state index >= 15 is 0 Å². The van der Waals surface area contributed by atoms with E-state index in [0.717, 1.165) is 15.9 Å². The highest BCUT2D eigenvalue weighted by Crippen LogP contribution is 2.45. The molecule has 0 aliphatic carbocycles. The van der Waals surface area contributed by atoms with Gasteiger partial charge in [-0.05, 0) is 17.7 Å². The highest BCUT2D eigenvalue weighted by atomic mass is 32.1. The third kappa shape index (κ3) is 2.55. The Morgan fingerprint density at radius 3 is 2.96 bits per heavy atom. The number of aromatic nitrogens is 2. The van der Waals surface area contributed by atoms with Gasteiger partial charge in [0.2, 0.25) is 11.6 Å². The number of nitrogens with one attached hydrogen (secondary N) is 1. The molecule has 28 heavy (non-hydrogen) atoms. The molecule has 2 atom stereocenters. The Morgan fingerprint density at radius 2 is 2.25 bits per heavy atom. The molecule has 146 valence electrons. The number of hydrogen-bond donors (Lipinski definition) is 3. The van der Waals surface area contributed by atoms with Crippen LogP contribution >= 0.6 is 11.3 Å². The number of pyridine rings is 1. The van der Waals surface area contributed by atoms with Gasteiger partial charge in [-0.3, -0.25) is 14.6 Å². The van der Waals surface area contributed by atoms with E-state index in [2.05, 4.69) is 10.3 Å². The summed E-state index contributed by atoms with van der Waals surface area (Å²) in [6.45, 7) is -0.962. The van der Waals surface area contributed by atoms with Gasteiger partial charge in [0.1, 0.15) is 0 Å². The third-order valence-electron chi connectivity index (χ3n) is 4.96. The zero-order valence-electron chi connectivity index (χ0n) is 18.1. The Balaban J connectivity index is 1.88. The number of thiazole rings is 1. The molecule has 4 rings (SSSR count). The predicted octanol–water partition coefficient (Wildman–Crippen LogP) is 1.10. The quantitative estimate of drug-likeness (QED) is 0.566. The zero-order valence-corrected chi connectivity index (χ0v) is 15.9. The van der Waals surface area contributed by atoms with Gasteiger partial charge in [0.05, 0.1) is 21.5 Å². The van der Waals surface area contributed by atoms with Gasteiger partial charge < -0.3 is 25.0 Å². The number of nitrogens with zero attached hydrogens (tertiary/aromatic N) is 3. The van der Waals surface area contributed by atoms with Gasteiger partial charge in [0.15, 0.2) is 6.23 Å². The lowest BCUT2D eigenvalue weighted by Gasteiger charge is -2.30. The van der Waals surface area contributed by atoms with Crippen molar-refractivity contribution in [2.75, 3.05) is 11.9 Å². The lowest BCUT2D eigenvalue weighted by atomic mass is 9.99. The van der Waals surface area contributed by atoms with Crippen LogP contribution in [0.1, 0.15) is 23.0 Å². The molecule has 0 radical (unpaired) electrons. The van der Waals surface area contributed by atoms with Gasteiger partial charge in [0.25, 0.3) is 0 Å². The molecular weight excluding hydrogens is 380 g/mol. The van der Waals surface area contributed by atoms with Crippen LogP contribution in [0.3, 0.4) is 0 Å². The molecule has 1 aromatic carbocycles. The minimum atomic E-state index is -2.59. The largest absolute Gasteiger partial charge is 0.369 e. The van der Waals surface area contributed by atoms with Gasteiger partial charge in [-0.1, -0.05) is 24.3 Å².